The lowest BCUT2D eigenvalue weighted by Gasteiger charge is -2.13. The van der Waals surface area contributed by atoms with Crippen LogP contribution in [0.5, 0.6) is 5.75 Å². The van der Waals surface area contributed by atoms with Crippen LogP contribution >= 0.6 is 0 Å². The standard InChI is InChI=1S/C19H19NO4/c1-11(21)14-6-4-5-7-16(14)20-19(22)18-12(2)24-17-9-8-13(23-3)10-15(17)18/h4-11,21H,1-3H3,(H,20,22). The van der Waals surface area contributed by atoms with E-state index >= 15 is 0 Å². The van der Waals surface area contributed by atoms with Crippen molar-refractivity contribution in [1.29, 1.82) is 0 Å². The van der Waals surface area contributed by atoms with Crippen LogP contribution in [0.1, 0.15) is 34.7 Å². The molecule has 0 radical (unpaired) electrons. The molecule has 5 heteroatoms. The fourth-order valence-corrected chi connectivity index (χ4v) is 2.77. The van der Waals surface area contributed by atoms with E-state index in [0.29, 0.717) is 39.3 Å². The highest BCUT2D eigenvalue weighted by atomic mass is 16.5. The Morgan fingerprint density at radius 2 is 2.00 bits per heavy atom. The molecule has 0 fully saturated rings. The quantitative estimate of drug-likeness (QED) is 0.759. The van der Waals surface area contributed by atoms with Crippen molar-refractivity contribution in [2.24, 2.45) is 0 Å². The second kappa shape index (κ2) is 6.37. The molecule has 24 heavy (non-hydrogen) atoms. The summed E-state index contributed by atoms with van der Waals surface area (Å²) in [6, 6.07) is 12.5. The number of amides is 1. The van der Waals surface area contributed by atoms with Crippen molar-refractivity contribution in [3.8, 4) is 5.75 Å². The van der Waals surface area contributed by atoms with E-state index < -0.39 is 6.10 Å². The van der Waals surface area contributed by atoms with Crippen LogP contribution in [0.25, 0.3) is 11.0 Å². The smallest absolute Gasteiger partial charge is 0.259 e. The third-order valence-electron chi connectivity index (χ3n) is 3.96. The molecule has 1 heterocycles. The van der Waals surface area contributed by atoms with Gasteiger partial charge in [0, 0.05) is 16.6 Å². The molecule has 0 aliphatic rings. The van der Waals surface area contributed by atoms with Crippen LogP contribution in [0.3, 0.4) is 0 Å². The maximum absolute atomic E-state index is 12.8. The van der Waals surface area contributed by atoms with Gasteiger partial charge in [-0.3, -0.25) is 4.79 Å². The van der Waals surface area contributed by atoms with Crippen LogP contribution in [0.2, 0.25) is 0 Å². The summed E-state index contributed by atoms with van der Waals surface area (Å²) in [5.41, 5.74) is 2.33. The van der Waals surface area contributed by atoms with Gasteiger partial charge in [-0.1, -0.05) is 18.2 Å². The van der Waals surface area contributed by atoms with Gasteiger partial charge in [-0.2, -0.15) is 0 Å². The summed E-state index contributed by atoms with van der Waals surface area (Å²) in [5, 5.41) is 13.4. The second-order valence-electron chi connectivity index (χ2n) is 5.61. The van der Waals surface area contributed by atoms with Crippen molar-refractivity contribution >= 4 is 22.6 Å². The van der Waals surface area contributed by atoms with Crippen molar-refractivity contribution in [2.75, 3.05) is 12.4 Å². The highest BCUT2D eigenvalue weighted by molar-refractivity contribution is 6.13. The molecule has 1 amide bonds. The number of benzene rings is 2. The summed E-state index contributed by atoms with van der Waals surface area (Å²) in [4.78, 5) is 12.8. The predicted octanol–water partition coefficient (Wildman–Crippen LogP) is 4.06. The van der Waals surface area contributed by atoms with Crippen molar-refractivity contribution in [3.05, 3.63) is 59.4 Å². The van der Waals surface area contributed by atoms with E-state index in [-0.39, 0.29) is 5.91 Å². The maximum atomic E-state index is 12.8. The number of fused-ring (bicyclic) bond motifs is 1. The molecule has 2 aromatic carbocycles. The first-order valence-electron chi connectivity index (χ1n) is 7.66. The van der Waals surface area contributed by atoms with Crippen molar-refractivity contribution < 1.29 is 19.1 Å². The summed E-state index contributed by atoms with van der Waals surface area (Å²) in [6.45, 7) is 3.41. The first kappa shape index (κ1) is 16.1. The Hall–Kier alpha value is -2.79. The summed E-state index contributed by atoms with van der Waals surface area (Å²) in [6.07, 6.45) is -0.677. The molecular weight excluding hydrogens is 306 g/mol. The van der Waals surface area contributed by atoms with Gasteiger partial charge in [0.05, 0.1) is 18.8 Å². The van der Waals surface area contributed by atoms with Gasteiger partial charge in [-0.05, 0) is 38.1 Å². The number of carbonyl (C=O) groups excluding carboxylic acids is 1. The molecule has 3 rings (SSSR count). The van der Waals surface area contributed by atoms with Gasteiger partial charge in [0.25, 0.3) is 5.91 Å². The van der Waals surface area contributed by atoms with Gasteiger partial charge >= 0.3 is 0 Å². The normalized spacial score (nSPS) is 12.2. The molecular formula is C19H19NO4. The number of aliphatic hydroxyl groups excluding tert-OH is 1. The van der Waals surface area contributed by atoms with Gasteiger partial charge in [-0.15, -0.1) is 0 Å². The van der Waals surface area contributed by atoms with E-state index in [1.165, 1.54) is 0 Å². The number of furan rings is 1. The molecule has 1 aromatic heterocycles. The predicted molar refractivity (Wildman–Crippen MR) is 92.5 cm³/mol. The lowest BCUT2D eigenvalue weighted by Crippen LogP contribution is -2.14. The number of nitrogens with one attached hydrogen (secondary N) is 1. The largest absolute Gasteiger partial charge is 0.497 e. The van der Waals surface area contributed by atoms with Gasteiger partial charge in [0.2, 0.25) is 0 Å². The molecule has 0 spiro atoms. The van der Waals surface area contributed by atoms with Gasteiger partial charge < -0.3 is 19.6 Å². The van der Waals surface area contributed by atoms with E-state index in [2.05, 4.69) is 5.32 Å². The zero-order chi connectivity index (χ0) is 17.3. The number of para-hydroxylation sites is 1. The zero-order valence-corrected chi connectivity index (χ0v) is 13.8. The summed E-state index contributed by atoms with van der Waals surface area (Å²) in [5.74, 6) is 0.902. The lowest BCUT2D eigenvalue weighted by atomic mass is 10.1. The monoisotopic (exact) mass is 325 g/mol. The zero-order valence-electron chi connectivity index (χ0n) is 13.8. The number of aryl methyl sites for hydroxylation is 1. The second-order valence-corrected chi connectivity index (χ2v) is 5.61. The third-order valence-corrected chi connectivity index (χ3v) is 3.96. The Kier molecular flexibility index (Phi) is 4.27. The topological polar surface area (TPSA) is 71.7 Å². The van der Waals surface area contributed by atoms with Gasteiger partial charge in [0.1, 0.15) is 17.1 Å². The molecule has 0 aliphatic heterocycles. The van der Waals surface area contributed by atoms with Crippen molar-refractivity contribution in [1.82, 2.24) is 0 Å². The lowest BCUT2D eigenvalue weighted by molar-refractivity contribution is 0.102. The number of methoxy groups -OCH3 is 1. The van der Waals surface area contributed by atoms with Gasteiger partial charge in [-0.25, -0.2) is 0 Å². The van der Waals surface area contributed by atoms with Crippen molar-refractivity contribution in [2.45, 2.75) is 20.0 Å². The first-order valence-corrected chi connectivity index (χ1v) is 7.66. The van der Waals surface area contributed by atoms with Crippen LogP contribution in [-0.2, 0) is 0 Å². The number of carbonyl (C=O) groups is 1. The van der Waals surface area contributed by atoms with E-state index in [4.69, 9.17) is 9.15 Å². The molecule has 0 bridgehead atoms. The number of hydrogen-bond acceptors (Lipinski definition) is 4. The molecule has 0 saturated carbocycles. The Morgan fingerprint density at radius 3 is 2.71 bits per heavy atom. The van der Waals surface area contributed by atoms with Crippen molar-refractivity contribution in [3.63, 3.8) is 0 Å². The molecule has 0 aliphatic carbocycles. The number of aliphatic hydroxyl groups is 1. The average molecular weight is 325 g/mol. The minimum absolute atomic E-state index is 0.285. The van der Waals surface area contributed by atoms with Crippen LogP contribution in [0.4, 0.5) is 5.69 Å². The molecule has 1 atom stereocenters. The Bertz CT molecular complexity index is 896. The van der Waals surface area contributed by atoms with E-state index in [1.54, 1.807) is 51.3 Å². The maximum Gasteiger partial charge on any atom is 0.259 e. The Morgan fingerprint density at radius 1 is 1.25 bits per heavy atom. The molecule has 5 nitrogen and oxygen atoms in total. The number of anilines is 1. The minimum Gasteiger partial charge on any atom is -0.497 e. The fourth-order valence-electron chi connectivity index (χ4n) is 2.77. The fraction of sp³-hybridized carbons (Fsp3) is 0.211. The van der Waals surface area contributed by atoms with E-state index in [1.807, 2.05) is 12.1 Å². The minimum atomic E-state index is -0.677. The SMILES string of the molecule is COc1ccc2oc(C)c(C(=O)Nc3ccccc3C(C)O)c2c1. The van der Waals surface area contributed by atoms with E-state index in [9.17, 15) is 9.90 Å². The van der Waals surface area contributed by atoms with Crippen LogP contribution in [-0.4, -0.2) is 18.1 Å². The Labute approximate surface area is 139 Å². The molecule has 3 aromatic rings. The van der Waals surface area contributed by atoms with Gasteiger partial charge in [0.15, 0.2) is 0 Å². The molecule has 124 valence electrons. The highest BCUT2D eigenvalue weighted by Gasteiger charge is 2.20. The van der Waals surface area contributed by atoms with Crippen LogP contribution in [0.15, 0.2) is 46.9 Å². The molecule has 2 N–H and O–H groups in total. The summed E-state index contributed by atoms with van der Waals surface area (Å²) in [7, 11) is 1.58. The first-order chi connectivity index (χ1) is 11.5. The average Bonchev–Trinajstić information content (AvgIpc) is 2.89. The van der Waals surface area contributed by atoms with Crippen LogP contribution < -0.4 is 10.1 Å². The molecule has 1 unspecified atom stereocenters. The summed E-state index contributed by atoms with van der Waals surface area (Å²) >= 11 is 0. The molecule has 0 saturated heterocycles. The Balaban J connectivity index is 2.02. The number of ether oxygens (including phenoxy) is 1. The highest BCUT2D eigenvalue weighted by Crippen LogP contribution is 2.30. The van der Waals surface area contributed by atoms with Crippen LogP contribution in [0, 0.1) is 6.92 Å². The number of rotatable bonds is 4. The third kappa shape index (κ3) is 2.86. The van der Waals surface area contributed by atoms with E-state index in [0.717, 1.165) is 0 Å². The summed E-state index contributed by atoms with van der Waals surface area (Å²) < 4.78 is 10.9. The number of hydrogen-bond donors (Lipinski definition) is 2.